The average molecular weight is 246 g/mol. The molecule has 0 saturated carbocycles. The maximum absolute atomic E-state index is 11.8. The van der Waals surface area contributed by atoms with Crippen molar-refractivity contribution in [2.45, 2.75) is 6.42 Å². The highest BCUT2D eigenvalue weighted by atomic mass is 16.3. The van der Waals surface area contributed by atoms with E-state index < -0.39 is 0 Å². The summed E-state index contributed by atoms with van der Waals surface area (Å²) in [6.07, 6.45) is 5.25. The van der Waals surface area contributed by atoms with Crippen molar-refractivity contribution >= 4 is 11.7 Å². The number of amides is 1. The standard InChI is InChI=1S/C12H14N4O2/c1-13-11-8-14-7-10(16-11)12(17)15-5-4-9-3-2-6-18-9/h2-3,6-8H,4-5H2,1H3,(H,13,16)(H,15,17). The van der Waals surface area contributed by atoms with Crippen molar-refractivity contribution in [3.05, 3.63) is 42.2 Å². The van der Waals surface area contributed by atoms with Gasteiger partial charge in [0, 0.05) is 20.0 Å². The van der Waals surface area contributed by atoms with Crippen LogP contribution < -0.4 is 10.6 Å². The number of carbonyl (C=O) groups is 1. The minimum Gasteiger partial charge on any atom is -0.469 e. The molecule has 2 heterocycles. The predicted molar refractivity (Wildman–Crippen MR) is 66.3 cm³/mol. The molecule has 6 heteroatoms. The molecule has 2 aromatic rings. The Morgan fingerprint density at radius 2 is 2.33 bits per heavy atom. The lowest BCUT2D eigenvalue weighted by Gasteiger charge is -2.04. The van der Waals surface area contributed by atoms with E-state index in [4.69, 9.17) is 4.42 Å². The molecule has 2 N–H and O–H groups in total. The third-order valence-electron chi connectivity index (χ3n) is 2.36. The average Bonchev–Trinajstić information content (AvgIpc) is 2.92. The summed E-state index contributed by atoms with van der Waals surface area (Å²) in [5.41, 5.74) is 0.293. The van der Waals surface area contributed by atoms with Crippen molar-refractivity contribution in [1.29, 1.82) is 0 Å². The number of hydrogen-bond donors (Lipinski definition) is 2. The van der Waals surface area contributed by atoms with Gasteiger partial charge in [0.15, 0.2) is 0 Å². The van der Waals surface area contributed by atoms with Crippen LogP contribution in [0.1, 0.15) is 16.2 Å². The molecule has 0 spiro atoms. The van der Waals surface area contributed by atoms with Crippen LogP contribution >= 0.6 is 0 Å². The van der Waals surface area contributed by atoms with Gasteiger partial charge in [-0.15, -0.1) is 0 Å². The lowest BCUT2D eigenvalue weighted by atomic mass is 10.3. The summed E-state index contributed by atoms with van der Waals surface area (Å²) in [6.45, 7) is 0.498. The van der Waals surface area contributed by atoms with Gasteiger partial charge >= 0.3 is 0 Å². The molecule has 18 heavy (non-hydrogen) atoms. The van der Waals surface area contributed by atoms with Crippen molar-refractivity contribution in [2.75, 3.05) is 18.9 Å². The van der Waals surface area contributed by atoms with Crippen LogP contribution in [0.15, 0.2) is 35.2 Å². The number of hydrogen-bond acceptors (Lipinski definition) is 5. The van der Waals surface area contributed by atoms with Crippen molar-refractivity contribution in [1.82, 2.24) is 15.3 Å². The number of furan rings is 1. The van der Waals surface area contributed by atoms with E-state index in [2.05, 4.69) is 20.6 Å². The number of nitrogens with one attached hydrogen (secondary N) is 2. The van der Waals surface area contributed by atoms with Crippen LogP contribution in [0.3, 0.4) is 0 Å². The molecule has 0 unspecified atom stereocenters. The molecule has 1 amide bonds. The number of aromatic nitrogens is 2. The Bertz CT molecular complexity index is 511. The first-order valence-electron chi connectivity index (χ1n) is 5.60. The second-order valence-electron chi connectivity index (χ2n) is 3.62. The summed E-state index contributed by atoms with van der Waals surface area (Å²) in [5, 5.41) is 5.59. The number of anilines is 1. The van der Waals surface area contributed by atoms with E-state index in [0.717, 1.165) is 5.76 Å². The van der Waals surface area contributed by atoms with E-state index >= 15 is 0 Å². The van der Waals surface area contributed by atoms with Crippen LogP contribution in [0.5, 0.6) is 0 Å². The SMILES string of the molecule is CNc1cncc(C(=O)NCCc2ccco2)n1. The van der Waals surface area contributed by atoms with Gasteiger partial charge in [-0.05, 0) is 12.1 Å². The zero-order valence-electron chi connectivity index (χ0n) is 10.0. The van der Waals surface area contributed by atoms with Gasteiger partial charge in [0.2, 0.25) is 0 Å². The van der Waals surface area contributed by atoms with Crippen LogP contribution in [0.2, 0.25) is 0 Å². The van der Waals surface area contributed by atoms with E-state index in [1.807, 2.05) is 12.1 Å². The third-order valence-corrected chi connectivity index (χ3v) is 2.36. The van der Waals surface area contributed by atoms with Gasteiger partial charge < -0.3 is 15.1 Å². The lowest BCUT2D eigenvalue weighted by molar-refractivity contribution is 0.0948. The summed E-state index contributed by atoms with van der Waals surface area (Å²) in [6, 6.07) is 3.69. The van der Waals surface area contributed by atoms with Crippen molar-refractivity contribution in [2.24, 2.45) is 0 Å². The fourth-order valence-corrected chi connectivity index (χ4v) is 1.44. The van der Waals surface area contributed by atoms with Gasteiger partial charge in [0.25, 0.3) is 5.91 Å². The first-order valence-corrected chi connectivity index (χ1v) is 5.60. The summed E-state index contributed by atoms with van der Waals surface area (Å²) in [4.78, 5) is 19.8. The van der Waals surface area contributed by atoms with E-state index in [9.17, 15) is 4.79 Å². The Labute approximate surface area is 104 Å². The van der Waals surface area contributed by atoms with Crippen molar-refractivity contribution in [3.63, 3.8) is 0 Å². The first-order chi connectivity index (χ1) is 8.79. The fraction of sp³-hybridized carbons (Fsp3) is 0.250. The zero-order valence-corrected chi connectivity index (χ0v) is 10.0. The molecule has 0 fully saturated rings. The molecular formula is C12H14N4O2. The Balaban J connectivity index is 1.87. The molecule has 2 aromatic heterocycles. The minimum absolute atomic E-state index is 0.244. The second-order valence-corrected chi connectivity index (χ2v) is 3.62. The van der Waals surface area contributed by atoms with Crippen LogP contribution in [-0.2, 0) is 6.42 Å². The van der Waals surface area contributed by atoms with Gasteiger partial charge in [0.1, 0.15) is 17.3 Å². The van der Waals surface area contributed by atoms with E-state index in [1.165, 1.54) is 6.20 Å². The minimum atomic E-state index is -0.244. The lowest BCUT2D eigenvalue weighted by Crippen LogP contribution is -2.26. The van der Waals surface area contributed by atoms with E-state index in [-0.39, 0.29) is 5.91 Å². The molecule has 0 aromatic carbocycles. The Morgan fingerprint density at radius 3 is 3.06 bits per heavy atom. The van der Waals surface area contributed by atoms with E-state index in [1.54, 1.807) is 19.5 Å². The second kappa shape index (κ2) is 5.81. The largest absolute Gasteiger partial charge is 0.469 e. The van der Waals surface area contributed by atoms with Gasteiger partial charge in [0.05, 0.1) is 18.7 Å². The Kier molecular flexibility index (Phi) is 3.90. The maximum atomic E-state index is 11.8. The molecule has 0 aliphatic rings. The molecular weight excluding hydrogens is 232 g/mol. The van der Waals surface area contributed by atoms with Gasteiger partial charge in [-0.25, -0.2) is 4.98 Å². The maximum Gasteiger partial charge on any atom is 0.271 e. The smallest absolute Gasteiger partial charge is 0.271 e. The normalized spacial score (nSPS) is 10.1. The fourth-order valence-electron chi connectivity index (χ4n) is 1.44. The molecule has 2 rings (SSSR count). The van der Waals surface area contributed by atoms with Crippen LogP contribution in [0, 0.1) is 0 Å². The monoisotopic (exact) mass is 246 g/mol. The van der Waals surface area contributed by atoms with Crippen molar-refractivity contribution < 1.29 is 9.21 Å². The molecule has 0 bridgehead atoms. The number of rotatable bonds is 5. The number of carbonyl (C=O) groups excluding carboxylic acids is 1. The Morgan fingerprint density at radius 1 is 1.44 bits per heavy atom. The molecule has 0 radical (unpaired) electrons. The summed E-state index contributed by atoms with van der Waals surface area (Å²) in [5.74, 6) is 1.16. The summed E-state index contributed by atoms with van der Waals surface area (Å²) in [7, 11) is 1.72. The topological polar surface area (TPSA) is 80.0 Å². The first kappa shape index (κ1) is 12.1. The number of nitrogens with zero attached hydrogens (tertiary/aromatic N) is 2. The molecule has 0 saturated heterocycles. The Hall–Kier alpha value is -2.37. The van der Waals surface area contributed by atoms with Crippen molar-refractivity contribution in [3.8, 4) is 0 Å². The van der Waals surface area contributed by atoms with Crippen LogP contribution in [0.4, 0.5) is 5.82 Å². The molecule has 0 aliphatic carbocycles. The van der Waals surface area contributed by atoms with Gasteiger partial charge in [-0.3, -0.25) is 9.78 Å². The van der Waals surface area contributed by atoms with Crippen LogP contribution in [-0.4, -0.2) is 29.5 Å². The van der Waals surface area contributed by atoms with E-state index in [0.29, 0.717) is 24.5 Å². The summed E-state index contributed by atoms with van der Waals surface area (Å²) >= 11 is 0. The predicted octanol–water partition coefficient (Wildman–Crippen LogP) is 1.08. The highest BCUT2D eigenvalue weighted by Gasteiger charge is 2.08. The molecule has 0 atom stereocenters. The third kappa shape index (κ3) is 3.07. The highest BCUT2D eigenvalue weighted by Crippen LogP contribution is 2.02. The van der Waals surface area contributed by atoms with Crippen LogP contribution in [0.25, 0.3) is 0 Å². The molecule has 6 nitrogen and oxygen atoms in total. The molecule has 94 valence electrons. The quantitative estimate of drug-likeness (QED) is 0.825. The summed E-state index contributed by atoms with van der Waals surface area (Å²) < 4.78 is 5.17. The zero-order chi connectivity index (χ0) is 12.8. The van der Waals surface area contributed by atoms with Gasteiger partial charge in [-0.2, -0.15) is 0 Å². The van der Waals surface area contributed by atoms with Gasteiger partial charge in [-0.1, -0.05) is 0 Å². The highest BCUT2D eigenvalue weighted by molar-refractivity contribution is 5.92. The molecule has 0 aliphatic heterocycles.